The fourth-order valence-corrected chi connectivity index (χ4v) is 3.43. The van der Waals surface area contributed by atoms with Crippen LogP contribution in [0, 0.1) is 5.92 Å². The fourth-order valence-electron chi connectivity index (χ4n) is 3.43. The first-order chi connectivity index (χ1) is 15.1. The van der Waals surface area contributed by atoms with Crippen LogP contribution in [0.3, 0.4) is 0 Å². The summed E-state index contributed by atoms with van der Waals surface area (Å²) in [5.74, 6) is 1.26. The normalized spacial score (nSPS) is 14.5. The van der Waals surface area contributed by atoms with Crippen molar-refractivity contribution in [2.24, 2.45) is 5.92 Å². The second kappa shape index (κ2) is 11.6. The minimum Gasteiger partial charge on any atom is -0.493 e. The van der Waals surface area contributed by atoms with Gasteiger partial charge in [0.05, 0.1) is 14.2 Å². The number of amides is 3. The average Bonchev–Trinajstić information content (AvgIpc) is 2.75. The summed E-state index contributed by atoms with van der Waals surface area (Å²) in [7, 11) is 3.10. The highest BCUT2D eigenvalue weighted by Gasteiger charge is 2.24. The fraction of sp³-hybridized carbons (Fsp3) is 0.609. The van der Waals surface area contributed by atoms with Gasteiger partial charge in [-0.3, -0.25) is 9.59 Å². The number of piperidine rings is 1. The molecule has 1 aliphatic heterocycles. The summed E-state index contributed by atoms with van der Waals surface area (Å²) in [6.07, 6.45) is 1.29. The number of likely N-dealkylation sites (tertiary alicyclic amines) is 1. The van der Waals surface area contributed by atoms with Crippen molar-refractivity contribution in [1.29, 1.82) is 0 Å². The highest BCUT2D eigenvalue weighted by molar-refractivity contribution is 5.95. The van der Waals surface area contributed by atoms with E-state index in [-0.39, 0.29) is 24.8 Å². The molecule has 0 aliphatic carbocycles. The molecular formula is C23H35N3O6. The summed E-state index contributed by atoms with van der Waals surface area (Å²) in [4.78, 5) is 38.3. The zero-order chi connectivity index (χ0) is 23.7. The van der Waals surface area contributed by atoms with Gasteiger partial charge in [0.25, 0.3) is 5.91 Å². The van der Waals surface area contributed by atoms with Gasteiger partial charge in [-0.15, -0.1) is 0 Å². The van der Waals surface area contributed by atoms with Gasteiger partial charge < -0.3 is 29.7 Å². The third kappa shape index (κ3) is 7.94. The lowest BCUT2D eigenvalue weighted by Crippen LogP contribution is -2.42. The average molecular weight is 450 g/mol. The van der Waals surface area contributed by atoms with E-state index < -0.39 is 11.7 Å². The molecule has 0 spiro atoms. The van der Waals surface area contributed by atoms with Gasteiger partial charge in [-0.1, -0.05) is 0 Å². The first-order valence-corrected chi connectivity index (χ1v) is 10.9. The number of ether oxygens (including phenoxy) is 3. The topological polar surface area (TPSA) is 106 Å². The predicted molar refractivity (Wildman–Crippen MR) is 120 cm³/mol. The maximum Gasteiger partial charge on any atom is 0.407 e. The van der Waals surface area contributed by atoms with Gasteiger partial charge in [0.2, 0.25) is 5.91 Å². The van der Waals surface area contributed by atoms with Crippen molar-refractivity contribution in [3.05, 3.63) is 23.8 Å². The number of benzene rings is 1. The summed E-state index contributed by atoms with van der Waals surface area (Å²) in [5, 5.41) is 5.49. The number of rotatable bonds is 8. The Balaban J connectivity index is 1.70. The van der Waals surface area contributed by atoms with Gasteiger partial charge >= 0.3 is 6.09 Å². The van der Waals surface area contributed by atoms with Gasteiger partial charge in [-0.2, -0.15) is 0 Å². The van der Waals surface area contributed by atoms with Crippen LogP contribution < -0.4 is 20.1 Å². The van der Waals surface area contributed by atoms with Crippen molar-refractivity contribution in [3.8, 4) is 11.5 Å². The van der Waals surface area contributed by atoms with Crippen molar-refractivity contribution < 1.29 is 28.6 Å². The molecule has 0 atom stereocenters. The predicted octanol–water partition coefficient (Wildman–Crippen LogP) is 2.59. The van der Waals surface area contributed by atoms with Crippen LogP contribution in [0.25, 0.3) is 0 Å². The molecule has 1 aliphatic rings. The molecule has 32 heavy (non-hydrogen) atoms. The number of hydrogen-bond donors (Lipinski definition) is 2. The van der Waals surface area contributed by atoms with Crippen LogP contribution in [0.1, 0.15) is 50.4 Å². The quantitative estimate of drug-likeness (QED) is 0.632. The molecule has 2 rings (SSSR count). The summed E-state index contributed by atoms with van der Waals surface area (Å²) in [6, 6.07) is 5.16. The molecule has 3 amide bonds. The number of methoxy groups -OCH3 is 2. The molecule has 0 saturated carbocycles. The molecule has 1 aromatic carbocycles. The molecule has 178 valence electrons. The van der Waals surface area contributed by atoms with E-state index in [1.165, 1.54) is 0 Å². The number of hydrogen-bond acceptors (Lipinski definition) is 6. The standard InChI is InChI=1S/C23H35N3O6/c1-23(2,3)32-22(29)24-11-8-20(27)25-15-16-9-12-26(13-10-16)21(28)17-6-7-18(30-4)19(14-17)31-5/h6-7,14,16H,8-13,15H2,1-5H3,(H,24,29)(H,25,27). The molecule has 0 unspecified atom stereocenters. The zero-order valence-corrected chi connectivity index (χ0v) is 19.7. The molecule has 9 nitrogen and oxygen atoms in total. The molecule has 9 heteroatoms. The van der Waals surface area contributed by atoms with Gasteiger partial charge in [-0.05, 0) is 57.7 Å². The Hall–Kier alpha value is -2.97. The Kier molecular flexibility index (Phi) is 9.16. The molecule has 2 N–H and O–H groups in total. The van der Waals surface area contributed by atoms with Crippen molar-refractivity contribution in [2.75, 3.05) is 40.4 Å². The van der Waals surface area contributed by atoms with E-state index in [2.05, 4.69) is 10.6 Å². The highest BCUT2D eigenvalue weighted by atomic mass is 16.6. The molecular weight excluding hydrogens is 414 g/mol. The summed E-state index contributed by atoms with van der Waals surface area (Å²) in [6.45, 7) is 7.40. The first kappa shape index (κ1) is 25.3. The second-order valence-electron chi connectivity index (χ2n) is 8.79. The summed E-state index contributed by atoms with van der Waals surface area (Å²) < 4.78 is 15.6. The summed E-state index contributed by atoms with van der Waals surface area (Å²) in [5.41, 5.74) is -0.00549. The Bertz CT molecular complexity index is 797. The number of carbonyl (C=O) groups is 3. The van der Waals surface area contributed by atoms with Crippen molar-refractivity contribution in [1.82, 2.24) is 15.5 Å². The van der Waals surface area contributed by atoms with Gasteiger partial charge in [-0.25, -0.2) is 4.79 Å². The van der Waals surface area contributed by atoms with Crippen LogP contribution in [-0.4, -0.2) is 68.8 Å². The van der Waals surface area contributed by atoms with E-state index in [0.717, 1.165) is 12.8 Å². The number of carbonyl (C=O) groups excluding carboxylic acids is 3. The molecule has 1 heterocycles. The minimum atomic E-state index is -0.567. The largest absolute Gasteiger partial charge is 0.493 e. The highest BCUT2D eigenvalue weighted by Crippen LogP contribution is 2.28. The van der Waals surface area contributed by atoms with Crippen LogP contribution in [0.15, 0.2) is 18.2 Å². The van der Waals surface area contributed by atoms with Crippen molar-refractivity contribution in [2.45, 2.75) is 45.6 Å². The van der Waals surface area contributed by atoms with Crippen LogP contribution in [0.4, 0.5) is 4.79 Å². The number of nitrogens with one attached hydrogen (secondary N) is 2. The Morgan fingerprint density at radius 1 is 1.03 bits per heavy atom. The third-order valence-electron chi connectivity index (χ3n) is 5.14. The van der Waals surface area contributed by atoms with Gasteiger partial charge in [0.1, 0.15) is 5.60 Å². The molecule has 0 radical (unpaired) electrons. The SMILES string of the molecule is COc1ccc(C(=O)N2CCC(CNC(=O)CCNC(=O)OC(C)(C)C)CC2)cc1OC. The monoisotopic (exact) mass is 449 g/mol. The lowest BCUT2D eigenvalue weighted by atomic mass is 9.96. The molecule has 1 fully saturated rings. The third-order valence-corrected chi connectivity index (χ3v) is 5.14. The van der Waals surface area contributed by atoms with Crippen LogP contribution in [-0.2, 0) is 9.53 Å². The molecule has 1 saturated heterocycles. The van der Waals surface area contributed by atoms with Gasteiger partial charge in [0.15, 0.2) is 11.5 Å². The van der Waals surface area contributed by atoms with E-state index in [0.29, 0.717) is 42.6 Å². The zero-order valence-electron chi connectivity index (χ0n) is 19.7. The van der Waals surface area contributed by atoms with Crippen LogP contribution >= 0.6 is 0 Å². The maximum atomic E-state index is 12.8. The van der Waals surface area contributed by atoms with E-state index in [9.17, 15) is 14.4 Å². The first-order valence-electron chi connectivity index (χ1n) is 10.9. The molecule has 1 aromatic rings. The van der Waals surface area contributed by atoms with Crippen LogP contribution in [0.2, 0.25) is 0 Å². The lowest BCUT2D eigenvalue weighted by Gasteiger charge is -2.32. The second-order valence-corrected chi connectivity index (χ2v) is 8.79. The van der Waals surface area contributed by atoms with Crippen molar-refractivity contribution in [3.63, 3.8) is 0 Å². The number of alkyl carbamates (subject to hydrolysis) is 1. The Morgan fingerprint density at radius 3 is 2.28 bits per heavy atom. The Labute approximate surface area is 189 Å². The summed E-state index contributed by atoms with van der Waals surface area (Å²) >= 11 is 0. The van der Waals surface area contributed by atoms with E-state index in [1.54, 1.807) is 53.2 Å². The number of nitrogens with zero attached hydrogens (tertiary/aromatic N) is 1. The molecule has 0 aromatic heterocycles. The van der Waals surface area contributed by atoms with E-state index in [1.807, 2.05) is 4.90 Å². The lowest BCUT2D eigenvalue weighted by molar-refractivity contribution is -0.121. The minimum absolute atomic E-state index is 0.0401. The van der Waals surface area contributed by atoms with Crippen LogP contribution in [0.5, 0.6) is 11.5 Å². The molecule has 0 bridgehead atoms. The Morgan fingerprint density at radius 2 is 1.69 bits per heavy atom. The maximum absolute atomic E-state index is 12.8. The smallest absolute Gasteiger partial charge is 0.407 e. The van der Waals surface area contributed by atoms with Crippen molar-refractivity contribution >= 4 is 17.9 Å². The van der Waals surface area contributed by atoms with E-state index in [4.69, 9.17) is 14.2 Å². The van der Waals surface area contributed by atoms with Gasteiger partial charge in [0, 0.05) is 38.2 Å². The van der Waals surface area contributed by atoms with E-state index >= 15 is 0 Å².